The highest BCUT2D eigenvalue weighted by atomic mass is 19.1. The summed E-state index contributed by atoms with van der Waals surface area (Å²) >= 11 is 0. The Morgan fingerprint density at radius 1 is 1.15 bits per heavy atom. The zero-order chi connectivity index (χ0) is 19.1. The number of rotatable bonds is 7. The Balaban J connectivity index is 1.47. The zero-order valence-electron chi connectivity index (χ0n) is 15.6. The van der Waals surface area contributed by atoms with Crippen LogP contribution in [0.25, 0.3) is 6.08 Å². The average Bonchev–Trinajstić information content (AvgIpc) is 3.19. The van der Waals surface area contributed by atoms with Gasteiger partial charge in [-0.2, -0.15) is 0 Å². The normalized spacial score (nSPS) is 14.6. The highest BCUT2D eigenvalue weighted by Gasteiger charge is 2.11. The smallest absolute Gasteiger partial charge is 0.244 e. The number of methoxy groups -OCH3 is 1. The Morgan fingerprint density at radius 3 is 2.52 bits per heavy atom. The van der Waals surface area contributed by atoms with Gasteiger partial charge in [0, 0.05) is 19.2 Å². The van der Waals surface area contributed by atoms with Crippen molar-refractivity contribution in [3.05, 3.63) is 71.0 Å². The minimum atomic E-state index is -0.450. The van der Waals surface area contributed by atoms with Crippen LogP contribution in [-0.4, -0.2) is 31.0 Å². The lowest BCUT2D eigenvalue weighted by atomic mass is 10.1. The van der Waals surface area contributed by atoms with Gasteiger partial charge < -0.3 is 10.1 Å². The summed E-state index contributed by atoms with van der Waals surface area (Å²) in [5, 5.41) is 2.84. The lowest BCUT2D eigenvalue weighted by molar-refractivity contribution is -0.116. The van der Waals surface area contributed by atoms with E-state index in [0.717, 1.165) is 12.1 Å². The van der Waals surface area contributed by atoms with Gasteiger partial charge in [0.25, 0.3) is 0 Å². The largest absolute Gasteiger partial charge is 0.494 e. The number of carbonyl (C=O) groups is 1. The van der Waals surface area contributed by atoms with E-state index in [2.05, 4.69) is 22.3 Å². The van der Waals surface area contributed by atoms with Gasteiger partial charge in [0.15, 0.2) is 11.6 Å². The zero-order valence-corrected chi connectivity index (χ0v) is 15.6. The van der Waals surface area contributed by atoms with Crippen molar-refractivity contribution in [2.45, 2.75) is 25.9 Å². The standard InChI is InChI=1S/C22H25FN2O2/c1-27-21-10-8-17(14-20(21)23)9-11-22(26)24-15-18-4-6-19(7-5-18)16-25-12-2-3-13-25/h4-11,14H,2-3,12-13,15-16H2,1H3,(H,24,26)/b11-9+. The number of ether oxygens (including phenoxy) is 1. The lowest BCUT2D eigenvalue weighted by Crippen LogP contribution is -2.20. The van der Waals surface area contributed by atoms with Gasteiger partial charge in [-0.15, -0.1) is 0 Å². The summed E-state index contributed by atoms with van der Waals surface area (Å²) in [7, 11) is 1.42. The molecule has 0 aliphatic carbocycles. The second-order valence-corrected chi connectivity index (χ2v) is 6.74. The minimum absolute atomic E-state index is 0.185. The molecule has 0 bridgehead atoms. The highest BCUT2D eigenvalue weighted by Crippen LogP contribution is 2.18. The van der Waals surface area contributed by atoms with Crippen LogP contribution >= 0.6 is 0 Å². The van der Waals surface area contributed by atoms with Gasteiger partial charge in [-0.25, -0.2) is 4.39 Å². The second-order valence-electron chi connectivity index (χ2n) is 6.74. The predicted octanol–water partition coefficient (Wildman–Crippen LogP) is 3.76. The molecule has 27 heavy (non-hydrogen) atoms. The number of hydrogen-bond donors (Lipinski definition) is 1. The number of benzene rings is 2. The molecule has 0 unspecified atom stereocenters. The summed E-state index contributed by atoms with van der Waals surface area (Å²) < 4.78 is 18.5. The first-order valence-electron chi connectivity index (χ1n) is 9.23. The SMILES string of the molecule is COc1ccc(/C=C/C(=O)NCc2ccc(CN3CCCC3)cc2)cc1F. The third-order valence-corrected chi connectivity index (χ3v) is 4.70. The number of halogens is 1. The molecule has 3 rings (SSSR count). The van der Waals surface area contributed by atoms with Crippen LogP contribution in [0.3, 0.4) is 0 Å². The van der Waals surface area contributed by atoms with Gasteiger partial charge in [0.2, 0.25) is 5.91 Å². The number of nitrogens with zero attached hydrogens (tertiary/aromatic N) is 1. The molecule has 2 aromatic carbocycles. The third kappa shape index (κ3) is 5.66. The van der Waals surface area contributed by atoms with Gasteiger partial charge in [0.1, 0.15) is 0 Å². The van der Waals surface area contributed by atoms with Crippen molar-refractivity contribution in [1.82, 2.24) is 10.2 Å². The van der Waals surface area contributed by atoms with Crippen LogP contribution in [0.15, 0.2) is 48.5 Å². The molecule has 5 heteroatoms. The molecular formula is C22H25FN2O2. The molecule has 1 fully saturated rings. The van der Waals surface area contributed by atoms with E-state index in [9.17, 15) is 9.18 Å². The van der Waals surface area contributed by atoms with E-state index >= 15 is 0 Å². The van der Waals surface area contributed by atoms with Gasteiger partial charge in [0.05, 0.1) is 7.11 Å². The maximum Gasteiger partial charge on any atom is 0.244 e. The number of carbonyl (C=O) groups excluding carboxylic acids is 1. The van der Waals surface area contributed by atoms with E-state index in [1.807, 2.05) is 12.1 Å². The highest BCUT2D eigenvalue weighted by molar-refractivity contribution is 5.91. The minimum Gasteiger partial charge on any atom is -0.494 e. The molecule has 1 aliphatic heterocycles. The Hall–Kier alpha value is -2.66. The van der Waals surface area contributed by atoms with E-state index in [4.69, 9.17) is 4.74 Å². The summed E-state index contributed by atoms with van der Waals surface area (Å²) in [6.07, 6.45) is 5.57. The molecule has 1 aliphatic rings. The Labute approximate surface area is 159 Å². The summed E-state index contributed by atoms with van der Waals surface area (Å²) in [5.41, 5.74) is 2.96. The van der Waals surface area contributed by atoms with Crippen molar-refractivity contribution in [3.8, 4) is 5.75 Å². The number of hydrogen-bond acceptors (Lipinski definition) is 3. The van der Waals surface area contributed by atoms with Crippen molar-refractivity contribution in [1.29, 1.82) is 0 Å². The molecule has 1 saturated heterocycles. The Kier molecular flexibility index (Phi) is 6.60. The Morgan fingerprint density at radius 2 is 1.85 bits per heavy atom. The van der Waals surface area contributed by atoms with E-state index < -0.39 is 5.82 Å². The van der Waals surface area contributed by atoms with Gasteiger partial charge in [-0.3, -0.25) is 9.69 Å². The molecule has 4 nitrogen and oxygen atoms in total. The van der Waals surface area contributed by atoms with Crippen molar-refractivity contribution in [2.75, 3.05) is 20.2 Å². The fraction of sp³-hybridized carbons (Fsp3) is 0.318. The van der Waals surface area contributed by atoms with Gasteiger partial charge >= 0.3 is 0 Å². The molecule has 0 spiro atoms. The van der Waals surface area contributed by atoms with E-state index in [1.165, 1.54) is 56.8 Å². The van der Waals surface area contributed by atoms with Crippen LogP contribution in [-0.2, 0) is 17.9 Å². The van der Waals surface area contributed by atoms with Crippen LogP contribution in [0.4, 0.5) is 4.39 Å². The summed E-state index contributed by atoms with van der Waals surface area (Å²) in [4.78, 5) is 14.4. The fourth-order valence-electron chi connectivity index (χ4n) is 3.17. The summed E-state index contributed by atoms with van der Waals surface area (Å²) in [6.45, 7) is 3.82. The molecule has 1 N–H and O–H groups in total. The van der Waals surface area contributed by atoms with Crippen LogP contribution in [0, 0.1) is 5.82 Å². The molecule has 2 aromatic rings. The molecule has 0 atom stereocenters. The van der Waals surface area contributed by atoms with E-state index in [1.54, 1.807) is 12.1 Å². The number of amides is 1. The van der Waals surface area contributed by atoms with Crippen LogP contribution < -0.4 is 10.1 Å². The van der Waals surface area contributed by atoms with Gasteiger partial charge in [-0.1, -0.05) is 30.3 Å². The topological polar surface area (TPSA) is 41.6 Å². The van der Waals surface area contributed by atoms with Crippen molar-refractivity contribution < 1.29 is 13.9 Å². The molecule has 0 aromatic heterocycles. The third-order valence-electron chi connectivity index (χ3n) is 4.70. The molecule has 1 amide bonds. The van der Waals surface area contributed by atoms with E-state index in [-0.39, 0.29) is 11.7 Å². The van der Waals surface area contributed by atoms with Crippen molar-refractivity contribution >= 4 is 12.0 Å². The molecule has 1 heterocycles. The van der Waals surface area contributed by atoms with Crippen LogP contribution in [0.1, 0.15) is 29.5 Å². The lowest BCUT2D eigenvalue weighted by Gasteiger charge is -2.14. The first-order valence-corrected chi connectivity index (χ1v) is 9.23. The van der Waals surface area contributed by atoms with Crippen LogP contribution in [0.5, 0.6) is 5.75 Å². The van der Waals surface area contributed by atoms with Crippen molar-refractivity contribution in [3.63, 3.8) is 0 Å². The summed E-state index contributed by atoms with van der Waals surface area (Å²) in [6, 6.07) is 12.9. The number of likely N-dealkylation sites (tertiary alicyclic amines) is 1. The first-order chi connectivity index (χ1) is 13.1. The monoisotopic (exact) mass is 368 g/mol. The second kappa shape index (κ2) is 9.33. The molecule has 0 radical (unpaired) electrons. The van der Waals surface area contributed by atoms with Crippen molar-refractivity contribution in [2.24, 2.45) is 0 Å². The first kappa shape index (κ1) is 19.1. The Bertz CT molecular complexity index is 796. The maximum absolute atomic E-state index is 13.6. The maximum atomic E-state index is 13.6. The van der Waals surface area contributed by atoms with Gasteiger partial charge in [-0.05, 0) is 60.8 Å². The fourth-order valence-corrected chi connectivity index (χ4v) is 3.17. The molecule has 142 valence electrons. The molecule has 0 saturated carbocycles. The number of nitrogens with one attached hydrogen (secondary N) is 1. The predicted molar refractivity (Wildman–Crippen MR) is 105 cm³/mol. The average molecular weight is 368 g/mol. The van der Waals surface area contributed by atoms with E-state index in [0.29, 0.717) is 12.1 Å². The molecular weight excluding hydrogens is 343 g/mol. The van der Waals surface area contributed by atoms with Crippen LogP contribution in [0.2, 0.25) is 0 Å². The quantitative estimate of drug-likeness (QED) is 0.757. The summed E-state index contributed by atoms with van der Waals surface area (Å²) in [5.74, 6) is -0.480.